The van der Waals surface area contributed by atoms with Gasteiger partial charge in [-0.05, 0) is 36.7 Å². The summed E-state index contributed by atoms with van der Waals surface area (Å²) in [5, 5.41) is -1.40. The summed E-state index contributed by atoms with van der Waals surface area (Å²) in [6, 6.07) is 2.08. The minimum atomic E-state index is -1.40. The highest BCUT2D eigenvalue weighted by Gasteiger charge is 2.39. The average molecular weight is 274 g/mol. The van der Waals surface area contributed by atoms with Gasteiger partial charge in [0.1, 0.15) is 21.5 Å². The largest absolute Gasteiger partial charge is 0.503 e. The maximum absolute atomic E-state index is 14.0. The van der Waals surface area contributed by atoms with Gasteiger partial charge in [0.2, 0.25) is 0 Å². The number of benzene rings is 1. The van der Waals surface area contributed by atoms with Gasteiger partial charge in [0.15, 0.2) is 11.6 Å². The molecule has 0 heterocycles. The van der Waals surface area contributed by atoms with E-state index in [0.29, 0.717) is 12.0 Å². The molecule has 20 heavy (non-hydrogen) atoms. The summed E-state index contributed by atoms with van der Waals surface area (Å²) in [5.41, 5.74) is 0.319. The van der Waals surface area contributed by atoms with Crippen LogP contribution >= 0.6 is 0 Å². The molecule has 0 N–H and O–H groups in total. The Morgan fingerprint density at radius 1 is 1.20 bits per heavy atom. The molecule has 1 aliphatic rings. The zero-order chi connectivity index (χ0) is 15.1. The summed E-state index contributed by atoms with van der Waals surface area (Å²) in [6.07, 6.45) is 2.20. The molecule has 0 spiro atoms. The maximum Gasteiger partial charge on any atom is 0.168 e. The van der Waals surface area contributed by atoms with Crippen molar-refractivity contribution in [1.29, 1.82) is 0 Å². The van der Waals surface area contributed by atoms with Crippen LogP contribution in [0.2, 0.25) is 0 Å². The van der Waals surface area contributed by atoms with Gasteiger partial charge in [0, 0.05) is 17.0 Å². The number of ether oxygens (including phenoxy) is 1. The van der Waals surface area contributed by atoms with Gasteiger partial charge in [-0.2, -0.15) is 0 Å². The van der Waals surface area contributed by atoms with Crippen LogP contribution in [-0.2, 0) is 6.42 Å². The predicted molar refractivity (Wildman–Crippen MR) is 77.1 cm³/mol. The minimum Gasteiger partial charge on any atom is -0.503 e. The first-order valence-corrected chi connectivity index (χ1v) is 6.83. The van der Waals surface area contributed by atoms with Crippen LogP contribution < -0.4 is 4.74 Å². The molecule has 5 heteroatoms. The standard InChI is InChI=1S/C15H18B2F2O/c1-14(2,3)8-9-6-11(18)7-12(19)13(9)20-15(16,17)10-4-5-10/h6-7,10H,4-5,8H2,1-3H3. The van der Waals surface area contributed by atoms with Gasteiger partial charge in [-0.25, -0.2) is 8.78 Å². The smallest absolute Gasteiger partial charge is 0.168 e. The van der Waals surface area contributed by atoms with Crippen LogP contribution in [0, 0.1) is 23.0 Å². The Kier molecular flexibility index (Phi) is 3.92. The monoisotopic (exact) mass is 274 g/mol. The van der Waals surface area contributed by atoms with Gasteiger partial charge < -0.3 is 4.74 Å². The number of hydrogen-bond donors (Lipinski definition) is 0. The van der Waals surface area contributed by atoms with E-state index in [1.807, 2.05) is 20.8 Å². The Morgan fingerprint density at radius 3 is 2.30 bits per heavy atom. The fraction of sp³-hybridized carbons (Fsp3) is 0.600. The lowest BCUT2D eigenvalue weighted by Crippen LogP contribution is -2.40. The molecule has 0 saturated heterocycles. The van der Waals surface area contributed by atoms with Crippen molar-refractivity contribution >= 4 is 15.7 Å². The first-order chi connectivity index (χ1) is 9.08. The van der Waals surface area contributed by atoms with Crippen LogP contribution in [0.1, 0.15) is 39.2 Å². The molecule has 0 unspecified atom stereocenters. The first-order valence-electron chi connectivity index (χ1n) is 6.83. The van der Waals surface area contributed by atoms with Crippen molar-refractivity contribution in [1.82, 2.24) is 0 Å². The lowest BCUT2D eigenvalue weighted by atomic mass is 9.62. The van der Waals surface area contributed by atoms with E-state index < -0.39 is 17.0 Å². The van der Waals surface area contributed by atoms with Crippen LogP contribution in [0.3, 0.4) is 0 Å². The van der Waals surface area contributed by atoms with E-state index in [1.165, 1.54) is 6.07 Å². The van der Waals surface area contributed by atoms with Crippen LogP contribution in [0.15, 0.2) is 12.1 Å². The van der Waals surface area contributed by atoms with E-state index in [1.54, 1.807) is 0 Å². The van der Waals surface area contributed by atoms with E-state index in [2.05, 4.69) is 0 Å². The maximum atomic E-state index is 14.0. The van der Waals surface area contributed by atoms with E-state index in [-0.39, 0.29) is 17.1 Å². The average Bonchev–Trinajstić information content (AvgIpc) is 3.04. The highest BCUT2D eigenvalue weighted by atomic mass is 19.1. The van der Waals surface area contributed by atoms with Gasteiger partial charge in [-0.3, -0.25) is 0 Å². The predicted octanol–water partition coefficient (Wildman–Crippen LogP) is 3.33. The van der Waals surface area contributed by atoms with Crippen molar-refractivity contribution in [2.75, 3.05) is 0 Å². The molecule has 0 aromatic heterocycles. The molecule has 4 radical (unpaired) electrons. The summed E-state index contributed by atoms with van der Waals surface area (Å²) in [5.74, 6) is -1.39. The Balaban J connectivity index is 2.34. The molecule has 1 nitrogen and oxygen atoms in total. The molecule has 1 aromatic carbocycles. The van der Waals surface area contributed by atoms with Gasteiger partial charge in [-0.15, -0.1) is 0 Å². The number of halogens is 2. The molecule has 104 valence electrons. The number of hydrogen-bond acceptors (Lipinski definition) is 1. The summed E-state index contributed by atoms with van der Waals surface area (Å²) in [7, 11) is 11.8. The summed E-state index contributed by atoms with van der Waals surface area (Å²) >= 11 is 0. The zero-order valence-electron chi connectivity index (χ0n) is 12.2. The molecule has 2 rings (SSSR count). The van der Waals surface area contributed by atoms with E-state index in [0.717, 1.165) is 18.9 Å². The van der Waals surface area contributed by atoms with Crippen LogP contribution in [0.25, 0.3) is 0 Å². The van der Waals surface area contributed by atoms with Crippen molar-refractivity contribution in [3.63, 3.8) is 0 Å². The fourth-order valence-corrected chi connectivity index (χ4v) is 2.23. The van der Waals surface area contributed by atoms with Gasteiger partial charge in [-0.1, -0.05) is 20.8 Å². The summed E-state index contributed by atoms with van der Waals surface area (Å²) in [4.78, 5) is 0. The second-order valence-electron chi connectivity index (χ2n) is 6.84. The lowest BCUT2D eigenvalue weighted by molar-refractivity contribution is 0.202. The second-order valence-corrected chi connectivity index (χ2v) is 6.84. The molecule has 1 aromatic rings. The molecule has 1 fully saturated rings. The van der Waals surface area contributed by atoms with Crippen molar-refractivity contribution < 1.29 is 13.5 Å². The topological polar surface area (TPSA) is 9.23 Å². The highest BCUT2D eigenvalue weighted by Crippen LogP contribution is 2.41. The fourth-order valence-electron chi connectivity index (χ4n) is 2.23. The Morgan fingerprint density at radius 2 is 1.80 bits per heavy atom. The van der Waals surface area contributed by atoms with Crippen molar-refractivity contribution in [2.45, 2.75) is 45.4 Å². The highest BCUT2D eigenvalue weighted by molar-refractivity contribution is 6.39. The Labute approximate surface area is 121 Å². The third kappa shape index (κ3) is 3.77. The normalized spacial score (nSPS) is 16.2. The molecule has 1 saturated carbocycles. The van der Waals surface area contributed by atoms with Crippen LogP contribution in [-0.4, -0.2) is 21.1 Å². The molecular weight excluding hydrogens is 256 g/mol. The van der Waals surface area contributed by atoms with Crippen LogP contribution in [0.4, 0.5) is 8.78 Å². The minimum absolute atomic E-state index is 0.0226. The zero-order valence-corrected chi connectivity index (χ0v) is 12.2. The van der Waals surface area contributed by atoms with Crippen LogP contribution in [0.5, 0.6) is 5.75 Å². The van der Waals surface area contributed by atoms with Crippen molar-refractivity contribution in [3.05, 3.63) is 29.3 Å². The third-order valence-corrected chi connectivity index (χ3v) is 3.30. The van der Waals surface area contributed by atoms with E-state index >= 15 is 0 Å². The molecule has 0 amide bonds. The Bertz CT molecular complexity index is 505. The summed E-state index contributed by atoms with van der Waals surface area (Å²) < 4.78 is 33.0. The van der Waals surface area contributed by atoms with Crippen molar-refractivity contribution in [2.24, 2.45) is 11.3 Å². The molecular formula is C15H18B2F2O. The number of rotatable bonds is 4. The molecule has 0 bridgehead atoms. The second kappa shape index (κ2) is 5.09. The van der Waals surface area contributed by atoms with Gasteiger partial charge in [0.25, 0.3) is 0 Å². The van der Waals surface area contributed by atoms with E-state index in [9.17, 15) is 8.78 Å². The van der Waals surface area contributed by atoms with Gasteiger partial charge in [0.05, 0.1) is 0 Å². The summed E-state index contributed by atoms with van der Waals surface area (Å²) in [6.45, 7) is 5.95. The SMILES string of the molecule is [B]C([B])(Oc1c(F)cc(F)cc1CC(C)(C)C)C1CC1. The lowest BCUT2D eigenvalue weighted by Gasteiger charge is -2.30. The molecule has 0 aliphatic heterocycles. The van der Waals surface area contributed by atoms with E-state index in [4.69, 9.17) is 20.4 Å². The third-order valence-electron chi connectivity index (χ3n) is 3.30. The molecule has 0 atom stereocenters. The van der Waals surface area contributed by atoms with Crippen molar-refractivity contribution in [3.8, 4) is 5.75 Å². The Hall–Kier alpha value is -0.990. The van der Waals surface area contributed by atoms with Gasteiger partial charge >= 0.3 is 0 Å². The molecule has 1 aliphatic carbocycles. The quantitative estimate of drug-likeness (QED) is 0.765. The first kappa shape index (κ1) is 15.4.